The molecule has 1 saturated heterocycles. The predicted octanol–water partition coefficient (Wildman–Crippen LogP) is 1.37. The SMILES string of the molecule is CC1CN(C(=O)/C=C/c2cccs2)CC(CO)O1. The Hall–Kier alpha value is -1.17. The Morgan fingerprint density at radius 1 is 1.67 bits per heavy atom. The summed E-state index contributed by atoms with van der Waals surface area (Å²) >= 11 is 1.59. The predicted molar refractivity (Wildman–Crippen MR) is 71.4 cm³/mol. The Balaban J connectivity index is 1.96. The van der Waals surface area contributed by atoms with Gasteiger partial charge in [0.1, 0.15) is 0 Å². The van der Waals surface area contributed by atoms with Crippen LogP contribution in [0.15, 0.2) is 23.6 Å². The highest BCUT2D eigenvalue weighted by Gasteiger charge is 2.26. The van der Waals surface area contributed by atoms with Crippen LogP contribution in [-0.2, 0) is 9.53 Å². The normalized spacial score (nSPS) is 24.7. The molecule has 2 atom stereocenters. The number of nitrogens with zero attached hydrogens (tertiary/aromatic N) is 1. The summed E-state index contributed by atoms with van der Waals surface area (Å²) in [6, 6.07) is 3.92. The first-order chi connectivity index (χ1) is 8.69. The molecule has 0 saturated carbocycles. The Morgan fingerprint density at radius 3 is 3.17 bits per heavy atom. The Labute approximate surface area is 110 Å². The Kier molecular flexibility index (Phi) is 4.52. The van der Waals surface area contributed by atoms with Crippen LogP contribution < -0.4 is 0 Å². The van der Waals surface area contributed by atoms with Crippen molar-refractivity contribution in [2.24, 2.45) is 0 Å². The number of thiophene rings is 1. The van der Waals surface area contributed by atoms with Gasteiger partial charge in [-0.15, -0.1) is 11.3 Å². The van der Waals surface area contributed by atoms with Crippen LogP contribution in [0.1, 0.15) is 11.8 Å². The summed E-state index contributed by atoms with van der Waals surface area (Å²) in [6.07, 6.45) is 3.10. The summed E-state index contributed by atoms with van der Waals surface area (Å²) in [4.78, 5) is 14.8. The summed E-state index contributed by atoms with van der Waals surface area (Å²) in [7, 11) is 0. The van der Waals surface area contributed by atoms with Gasteiger partial charge < -0.3 is 14.7 Å². The number of aliphatic hydroxyl groups is 1. The van der Waals surface area contributed by atoms with Crippen LogP contribution in [0.2, 0.25) is 0 Å². The molecule has 2 rings (SSSR count). The molecule has 1 aliphatic heterocycles. The standard InChI is InChI=1S/C13H17NO3S/c1-10-7-14(8-11(9-15)17-10)13(16)5-4-12-3-2-6-18-12/h2-6,10-11,15H,7-9H2,1H3/b5-4+. The average molecular weight is 267 g/mol. The number of hydrogen-bond acceptors (Lipinski definition) is 4. The Morgan fingerprint density at radius 2 is 2.50 bits per heavy atom. The van der Waals surface area contributed by atoms with Gasteiger partial charge in [0.15, 0.2) is 0 Å². The molecule has 1 aromatic heterocycles. The molecule has 4 nitrogen and oxygen atoms in total. The summed E-state index contributed by atoms with van der Waals surface area (Å²) in [5, 5.41) is 11.1. The second kappa shape index (κ2) is 6.13. The highest BCUT2D eigenvalue weighted by Crippen LogP contribution is 2.13. The molecule has 0 spiro atoms. The molecule has 98 valence electrons. The van der Waals surface area contributed by atoms with Gasteiger partial charge >= 0.3 is 0 Å². The lowest BCUT2D eigenvalue weighted by Crippen LogP contribution is -2.49. The van der Waals surface area contributed by atoms with Crippen molar-refractivity contribution >= 4 is 23.3 Å². The van der Waals surface area contributed by atoms with E-state index in [9.17, 15) is 4.79 Å². The van der Waals surface area contributed by atoms with Crippen molar-refractivity contribution in [3.05, 3.63) is 28.5 Å². The number of hydrogen-bond donors (Lipinski definition) is 1. The van der Waals surface area contributed by atoms with Crippen molar-refractivity contribution in [2.75, 3.05) is 19.7 Å². The summed E-state index contributed by atoms with van der Waals surface area (Å²) in [5.41, 5.74) is 0. The first kappa shape index (κ1) is 13.3. The molecule has 0 radical (unpaired) electrons. The second-order valence-electron chi connectivity index (χ2n) is 4.34. The molecular weight excluding hydrogens is 250 g/mol. The van der Waals surface area contributed by atoms with Crippen LogP contribution in [0.4, 0.5) is 0 Å². The van der Waals surface area contributed by atoms with Crippen molar-refractivity contribution in [1.82, 2.24) is 4.90 Å². The number of ether oxygens (including phenoxy) is 1. The van der Waals surface area contributed by atoms with E-state index in [-0.39, 0.29) is 24.7 Å². The van der Waals surface area contributed by atoms with Crippen LogP contribution in [0.25, 0.3) is 6.08 Å². The van der Waals surface area contributed by atoms with Crippen LogP contribution in [-0.4, -0.2) is 47.8 Å². The maximum absolute atomic E-state index is 12.0. The minimum atomic E-state index is -0.271. The van der Waals surface area contributed by atoms with Gasteiger partial charge in [-0.1, -0.05) is 6.07 Å². The topological polar surface area (TPSA) is 49.8 Å². The van der Waals surface area contributed by atoms with Gasteiger partial charge in [0, 0.05) is 24.0 Å². The van der Waals surface area contributed by atoms with Gasteiger partial charge in [0.05, 0.1) is 18.8 Å². The average Bonchev–Trinajstić information content (AvgIpc) is 2.88. The number of carbonyl (C=O) groups is 1. The third kappa shape index (κ3) is 3.41. The molecule has 1 aliphatic rings. The molecule has 0 aromatic carbocycles. The molecule has 0 bridgehead atoms. The molecule has 2 heterocycles. The van der Waals surface area contributed by atoms with E-state index in [2.05, 4.69) is 0 Å². The van der Waals surface area contributed by atoms with Gasteiger partial charge in [-0.3, -0.25) is 4.79 Å². The van der Waals surface area contributed by atoms with Crippen LogP contribution in [0.5, 0.6) is 0 Å². The van der Waals surface area contributed by atoms with Crippen LogP contribution >= 0.6 is 11.3 Å². The van der Waals surface area contributed by atoms with E-state index in [0.717, 1.165) is 4.88 Å². The third-order valence-electron chi connectivity index (χ3n) is 2.77. The smallest absolute Gasteiger partial charge is 0.246 e. The fraction of sp³-hybridized carbons (Fsp3) is 0.462. The summed E-state index contributed by atoms with van der Waals surface area (Å²) < 4.78 is 5.50. The van der Waals surface area contributed by atoms with E-state index < -0.39 is 0 Å². The highest BCUT2D eigenvalue weighted by atomic mass is 32.1. The van der Waals surface area contributed by atoms with E-state index in [1.165, 1.54) is 0 Å². The fourth-order valence-electron chi connectivity index (χ4n) is 1.97. The molecule has 5 heteroatoms. The summed E-state index contributed by atoms with van der Waals surface area (Å²) in [6.45, 7) is 2.88. The number of carbonyl (C=O) groups excluding carboxylic acids is 1. The highest BCUT2D eigenvalue weighted by molar-refractivity contribution is 7.10. The first-order valence-corrected chi connectivity index (χ1v) is 6.84. The van der Waals surface area contributed by atoms with E-state index in [1.807, 2.05) is 30.5 Å². The first-order valence-electron chi connectivity index (χ1n) is 5.96. The third-order valence-corrected chi connectivity index (χ3v) is 3.61. The molecule has 1 aromatic rings. The van der Waals surface area contributed by atoms with E-state index in [0.29, 0.717) is 13.1 Å². The molecule has 18 heavy (non-hydrogen) atoms. The van der Waals surface area contributed by atoms with E-state index in [1.54, 1.807) is 22.3 Å². The quantitative estimate of drug-likeness (QED) is 0.842. The molecule has 1 fully saturated rings. The van der Waals surface area contributed by atoms with Crippen molar-refractivity contribution in [1.29, 1.82) is 0 Å². The maximum Gasteiger partial charge on any atom is 0.246 e. The van der Waals surface area contributed by atoms with Gasteiger partial charge in [0.2, 0.25) is 5.91 Å². The fourth-order valence-corrected chi connectivity index (χ4v) is 2.59. The van der Waals surface area contributed by atoms with Gasteiger partial charge in [-0.25, -0.2) is 0 Å². The maximum atomic E-state index is 12.0. The van der Waals surface area contributed by atoms with Crippen molar-refractivity contribution in [3.63, 3.8) is 0 Å². The molecule has 0 aliphatic carbocycles. The van der Waals surface area contributed by atoms with Gasteiger partial charge in [-0.2, -0.15) is 0 Å². The van der Waals surface area contributed by atoms with E-state index >= 15 is 0 Å². The van der Waals surface area contributed by atoms with Crippen LogP contribution in [0.3, 0.4) is 0 Å². The number of rotatable bonds is 3. The number of amides is 1. The van der Waals surface area contributed by atoms with Crippen LogP contribution in [0, 0.1) is 0 Å². The second-order valence-corrected chi connectivity index (χ2v) is 5.32. The number of aliphatic hydroxyl groups excluding tert-OH is 1. The van der Waals surface area contributed by atoms with Crippen molar-refractivity contribution < 1.29 is 14.6 Å². The zero-order valence-corrected chi connectivity index (χ0v) is 11.1. The van der Waals surface area contributed by atoms with Gasteiger partial charge in [-0.05, 0) is 24.4 Å². The summed E-state index contributed by atoms with van der Waals surface area (Å²) in [5.74, 6) is -0.0306. The molecule has 1 N–H and O–H groups in total. The Bertz CT molecular complexity index is 416. The minimum absolute atomic E-state index is 0.0306. The lowest BCUT2D eigenvalue weighted by atomic mass is 10.2. The van der Waals surface area contributed by atoms with Crippen molar-refractivity contribution in [2.45, 2.75) is 19.1 Å². The molecule has 1 amide bonds. The van der Waals surface area contributed by atoms with Gasteiger partial charge in [0.25, 0.3) is 0 Å². The molecular formula is C13H17NO3S. The van der Waals surface area contributed by atoms with E-state index in [4.69, 9.17) is 9.84 Å². The minimum Gasteiger partial charge on any atom is -0.394 e. The lowest BCUT2D eigenvalue weighted by molar-refractivity contribution is -0.142. The van der Waals surface area contributed by atoms with Crippen molar-refractivity contribution in [3.8, 4) is 0 Å². The zero-order chi connectivity index (χ0) is 13.0. The monoisotopic (exact) mass is 267 g/mol. The molecule has 2 unspecified atom stereocenters. The zero-order valence-electron chi connectivity index (χ0n) is 10.3. The largest absolute Gasteiger partial charge is 0.394 e. The number of morpholine rings is 1. The lowest BCUT2D eigenvalue weighted by Gasteiger charge is -2.35.